The Hall–Kier alpha value is -2.13. The van der Waals surface area contributed by atoms with Gasteiger partial charge in [0.15, 0.2) is 9.84 Å². The molecule has 2 heterocycles. The molecule has 1 aromatic rings. The van der Waals surface area contributed by atoms with Crippen LogP contribution in [0.5, 0.6) is 0 Å². The van der Waals surface area contributed by atoms with Crippen LogP contribution in [0, 0.1) is 0 Å². The van der Waals surface area contributed by atoms with Crippen LogP contribution in [0.25, 0.3) is 0 Å². The number of nitrogens with zero attached hydrogens (tertiary/aromatic N) is 2. The van der Waals surface area contributed by atoms with Crippen LogP contribution in [0.15, 0.2) is 64.1 Å². The summed E-state index contributed by atoms with van der Waals surface area (Å²) in [4.78, 5) is 4.35. The first-order chi connectivity index (χ1) is 11.5. The third-order valence-electron chi connectivity index (χ3n) is 4.10. The maximum atomic E-state index is 13.5. The molecule has 0 amide bonds. The van der Waals surface area contributed by atoms with Crippen LogP contribution in [0.3, 0.4) is 0 Å². The molecule has 0 aromatic heterocycles. The molecular weight excluding hydrogens is 357 g/mol. The van der Waals surface area contributed by atoms with Crippen molar-refractivity contribution in [2.45, 2.75) is 29.8 Å². The molecule has 0 fully saturated rings. The summed E-state index contributed by atoms with van der Waals surface area (Å²) in [5.74, 6) is -1.05. The van der Waals surface area contributed by atoms with Crippen molar-refractivity contribution in [1.29, 1.82) is 0 Å². The highest BCUT2D eigenvalue weighted by Gasteiger charge is 2.65. The van der Waals surface area contributed by atoms with Gasteiger partial charge in [-0.05, 0) is 36.8 Å². The second-order valence-electron chi connectivity index (χ2n) is 5.92. The molecule has 2 atom stereocenters. The van der Waals surface area contributed by atoms with E-state index in [4.69, 9.17) is 0 Å². The molecule has 1 aromatic carbocycles. The molecular formula is C16H15F3N2O3S. The van der Waals surface area contributed by atoms with Crippen LogP contribution in [-0.4, -0.2) is 48.0 Å². The van der Waals surface area contributed by atoms with E-state index >= 15 is 0 Å². The van der Waals surface area contributed by atoms with E-state index in [-0.39, 0.29) is 10.7 Å². The third-order valence-corrected chi connectivity index (χ3v) is 5.85. The first-order valence-electron chi connectivity index (χ1n) is 7.36. The topological polar surface area (TPSA) is 70.0 Å². The number of aliphatic hydroxyl groups is 1. The summed E-state index contributed by atoms with van der Waals surface area (Å²) in [6.07, 6.45) is -0.915. The quantitative estimate of drug-likeness (QED) is 0.884. The summed E-state index contributed by atoms with van der Waals surface area (Å²) < 4.78 is 65.6. The van der Waals surface area contributed by atoms with Gasteiger partial charge in [-0.25, -0.2) is 13.4 Å². The zero-order chi connectivity index (χ0) is 18.5. The van der Waals surface area contributed by atoms with E-state index in [1.165, 1.54) is 42.6 Å². The fourth-order valence-electron chi connectivity index (χ4n) is 2.78. The number of hydrogen-bond donors (Lipinski definition) is 1. The van der Waals surface area contributed by atoms with Gasteiger partial charge < -0.3 is 10.0 Å². The Kier molecular flexibility index (Phi) is 4.03. The number of rotatable bonds is 3. The van der Waals surface area contributed by atoms with Crippen LogP contribution in [0.1, 0.15) is 6.92 Å². The highest BCUT2D eigenvalue weighted by Crippen LogP contribution is 2.42. The summed E-state index contributed by atoms with van der Waals surface area (Å²) in [5.41, 5.74) is -2.86. The van der Waals surface area contributed by atoms with Crippen molar-refractivity contribution in [3.63, 3.8) is 0 Å². The van der Waals surface area contributed by atoms with Gasteiger partial charge in [-0.3, -0.25) is 0 Å². The predicted molar refractivity (Wildman–Crippen MR) is 85.5 cm³/mol. The fourth-order valence-corrected chi connectivity index (χ4v) is 4.35. The van der Waals surface area contributed by atoms with Crippen molar-refractivity contribution in [2.75, 3.05) is 5.75 Å². The lowest BCUT2D eigenvalue weighted by Gasteiger charge is -2.33. The Bertz CT molecular complexity index is 876. The monoisotopic (exact) mass is 372 g/mol. The van der Waals surface area contributed by atoms with Crippen LogP contribution in [-0.2, 0) is 9.84 Å². The SMILES string of the molecule is CC1=CC2=NC(O)(C(F)(F)F)C(CS(=O)(=O)c3ccccc3)N2C=C1. The normalized spacial score (nSPS) is 26.3. The Morgan fingerprint density at radius 2 is 1.92 bits per heavy atom. The summed E-state index contributed by atoms with van der Waals surface area (Å²) >= 11 is 0. The second-order valence-corrected chi connectivity index (χ2v) is 7.95. The lowest BCUT2D eigenvalue weighted by atomic mass is 10.1. The van der Waals surface area contributed by atoms with Gasteiger partial charge in [0.2, 0.25) is 0 Å². The number of amidine groups is 1. The number of alkyl halides is 3. The summed E-state index contributed by atoms with van der Waals surface area (Å²) in [7, 11) is -4.07. The van der Waals surface area contributed by atoms with Crippen molar-refractivity contribution in [2.24, 2.45) is 4.99 Å². The van der Waals surface area contributed by atoms with Gasteiger partial charge in [0, 0.05) is 6.20 Å². The number of hydrogen-bond acceptors (Lipinski definition) is 5. The molecule has 0 aliphatic carbocycles. The van der Waals surface area contributed by atoms with Gasteiger partial charge in [-0.15, -0.1) is 0 Å². The highest BCUT2D eigenvalue weighted by atomic mass is 32.2. The Morgan fingerprint density at radius 3 is 2.52 bits per heavy atom. The number of fused-ring (bicyclic) bond motifs is 1. The fraction of sp³-hybridized carbons (Fsp3) is 0.312. The molecule has 1 N–H and O–H groups in total. The molecule has 0 bridgehead atoms. The van der Waals surface area contributed by atoms with Crippen molar-refractivity contribution in [3.05, 3.63) is 54.3 Å². The lowest BCUT2D eigenvalue weighted by molar-refractivity contribution is -0.264. The van der Waals surface area contributed by atoms with E-state index in [0.717, 1.165) is 4.90 Å². The second kappa shape index (κ2) is 5.70. The van der Waals surface area contributed by atoms with Crippen molar-refractivity contribution < 1.29 is 26.7 Å². The van der Waals surface area contributed by atoms with Gasteiger partial charge in [-0.2, -0.15) is 13.2 Å². The number of benzene rings is 1. The number of sulfone groups is 1. The van der Waals surface area contributed by atoms with E-state index in [9.17, 15) is 26.7 Å². The van der Waals surface area contributed by atoms with Crippen molar-refractivity contribution >= 4 is 15.7 Å². The molecule has 2 unspecified atom stereocenters. The zero-order valence-electron chi connectivity index (χ0n) is 13.1. The molecule has 0 radical (unpaired) electrons. The van der Waals surface area contributed by atoms with Crippen LogP contribution >= 0.6 is 0 Å². The van der Waals surface area contributed by atoms with Gasteiger partial charge in [0.1, 0.15) is 11.9 Å². The van der Waals surface area contributed by atoms with Gasteiger partial charge in [0.05, 0.1) is 10.6 Å². The minimum absolute atomic E-state index is 0.110. The Balaban J connectivity index is 2.03. The Labute approximate surface area is 142 Å². The largest absolute Gasteiger partial charge is 0.440 e. The molecule has 0 saturated heterocycles. The molecule has 3 rings (SSSR count). The minimum atomic E-state index is -5.12. The average molecular weight is 372 g/mol. The van der Waals surface area contributed by atoms with E-state index in [1.54, 1.807) is 13.0 Å². The molecule has 25 heavy (non-hydrogen) atoms. The summed E-state index contributed by atoms with van der Waals surface area (Å²) in [6.45, 7) is 1.66. The van der Waals surface area contributed by atoms with E-state index in [0.29, 0.717) is 5.57 Å². The maximum absolute atomic E-state index is 13.5. The van der Waals surface area contributed by atoms with Crippen LogP contribution < -0.4 is 0 Å². The molecule has 0 saturated carbocycles. The van der Waals surface area contributed by atoms with Crippen LogP contribution in [0.2, 0.25) is 0 Å². The predicted octanol–water partition coefficient (Wildman–Crippen LogP) is 2.27. The first kappa shape index (κ1) is 17.7. The Morgan fingerprint density at radius 1 is 1.28 bits per heavy atom. The molecule has 2 aliphatic rings. The summed E-state index contributed by atoms with van der Waals surface area (Å²) in [6, 6.07) is 5.35. The number of aliphatic imine (C=N–C) groups is 1. The molecule has 5 nitrogen and oxygen atoms in total. The van der Waals surface area contributed by atoms with E-state index in [1.807, 2.05) is 0 Å². The molecule has 2 aliphatic heterocycles. The smallest absolute Gasteiger partial charge is 0.360 e. The van der Waals surface area contributed by atoms with E-state index < -0.39 is 33.5 Å². The molecule has 9 heteroatoms. The van der Waals surface area contributed by atoms with Gasteiger partial charge >= 0.3 is 6.18 Å². The first-order valence-corrected chi connectivity index (χ1v) is 9.01. The van der Waals surface area contributed by atoms with Crippen molar-refractivity contribution in [1.82, 2.24) is 4.90 Å². The lowest BCUT2D eigenvalue weighted by Crippen LogP contribution is -2.57. The molecule has 134 valence electrons. The molecule has 0 spiro atoms. The summed E-state index contributed by atoms with van der Waals surface area (Å²) in [5, 5.41) is 10.2. The van der Waals surface area contributed by atoms with Crippen molar-refractivity contribution in [3.8, 4) is 0 Å². The number of halogens is 3. The van der Waals surface area contributed by atoms with Gasteiger partial charge in [-0.1, -0.05) is 18.2 Å². The minimum Gasteiger partial charge on any atom is -0.360 e. The highest BCUT2D eigenvalue weighted by molar-refractivity contribution is 7.91. The maximum Gasteiger partial charge on any atom is 0.440 e. The van der Waals surface area contributed by atoms with Crippen LogP contribution in [0.4, 0.5) is 13.2 Å². The van der Waals surface area contributed by atoms with E-state index in [2.05, 4.69) is 4.99 Å². The zero-order valence-corrected chi connectivity index (χ0v) is 13.9. The van der Waals surface area contributed by atoms with Gasteiger partial charge in [0.25, 0.3) is 5.72 Å². The number of allylic oxidation sites excluding steroid dienone is 2. The average Bonchev–Trinajstić information content (AvgIpc) is 2.80. The standard InChI is InChI=1S/C16H15F3N2O3S/c1-11-7-8-21-13(10-25(23,24)12-5-3-2-4-6-12)15(22,16(17,18)19)20-14(21)9-11/h2-9,13,22H,10H2,1H3. The third kappa shape index (κ3) is 2.98.